The molecule has 1 aliphatic heterocycles. The summed E-state index contributed by atoms with van der Waals surface area (Å²) < 4.78 is 0. The highest BCUT2D eigenvalue weighted by Gasteiger charge is 2.28. The van der Waals surface area contributed by atoms with Gasteiger partial charge in [-0.2, -0.15) is 0 Å². The number of rotatable bonds is 13. The zero-order chi connectivity index (χ0) is 29.4. The third-order valence-corrected chi connectivity index (χ3v) is 6.55. The van der Waals surface area contributed by atoms with Crippen molar-refractivity contribution >= 4 is 40.6 Å². The minimum absolute atomic E-state index is 0.0478. The third-order valence-electron chi connectivity index (χ3n) is 6.55. The van der Waals surface area contributed by atoms with Crippen molar-refractivity contribution in [2.24, 2.45) is 11.5 Å². The van der Waals surface area contributed by atoms with Crippen LogP contribution in [0.15, 0.2) is 42.0 Å². The number of amides is 3. The quantitative estimate of drug-likeness (QED) is 0.0791. The summed E-state index contributed by atoms with van der Waals surface area (Å²) >= 11 is 0. The molecule has 0 spiro atoms. The molecule has 4 atom stereocenters. The molecule has 0 saturated carbocycles. The van der Waals surface area contributed by atoms with Crippen LogP contribution >= 0.6 is 0 Å². The molecule has 3 rings (SSSR count). The van der Waals surface area contributed by atoms with E-state index in [1.165, 1.54) is 6.92 Å². The van der Waals surface area contributed by atoms with E-state index >= 15 is 0 Å². The molecule has 11 N–H and O–H groups in total. The number of nitrogens with two attached hydrogens (primary N) is 2. The predicted molar refractivity (Wildman–Crippen MR) is 147 cm³/mol. The van der Waals surface area contributed by atoms with Crippen LogP contribution in [0.2, 0.25) is 0 Å². The van der Waals surface area contributed by atoms with E-state index < -0.39 is 47.9 Å². The van der Waals surface area contributed by atoms with Crippen LogP contribution in [-0.4, -0.2) is 93.6 Å². The van der Waals surface area contributed by atoms with E-state index in [1.54, 1.807) is 11.0 Å². The topological polar surface area (TPSA) is 240 Å². The number of aromatic nitrogens is 1. The summed E-state index contributed by atoms with van der Waals surface area (Å²) in [6.07, 6.45) is 0.613. The van der Waals surface area contributed by atoms with Crippen molar-refractivity contribution in [1.29, 1.82) is 5.41 Å². The maximum atomic E-state index is 12.9. The number of guanidine groups is 1. The van der Waals surface area contributed by atoms with Gasteiger partial charge in [-0.3, -0.25) is 19.8 Å². The zero-order valence-electron chi connectivity index (χ0n) is 22.1. The van der Waals surface area contributed by atoms with Crippen molar-refractivity contribution in [2.75, 3.05) is 19.6 Å². The summed E-state index contributed by atoms with van der Waals surface area (Å²) in [6, 6.07) is 5.82. The van der Waals surface area contributed by atoms with Crippen LogP contribution in [0.3, 0.4) is 0 Å². The lowest BCUT2D eigenvalue weighted by Crippen LogP contribution is -2.54. The Labute approximate surface area is 230 Å². The van der Waals surface area contributed by atoms with Gasteiger partial charge in [0, 0.05) is 43.7 Å². The largest absolute Gasteiger partial charge is 0.480 e. The van der Waals surface area contributed by atoms with E-state index in [-0.39, 0.29) is 31.8 Å². The minimum atomic E-state index is -1.25. The van der Waals surface area contributed by atoms with Crippen LogP contribution in [0.25, 0.3) is 10.9 Å². The number of aromatic amines is 1. The number of benzene rings is 1. The SMILES string of the molecule is CC(O)C(N)C(=O)NC(CC1=CCN(C(=N)N)C1)C(=O)NCCC(=O)NC(Cc1cc2ccccc2[nH]1)C(=O)O. The molecule has 4 unspecified atom stereocenters. The first-order valence-corrected chi connectivity index (χ1v) is 12.8. The van der Waals surface area contributed by atoms with Crippen molar-refractivity contribution < 1.29 is 29.4 Å². The van der Waals surface area contributed by atoms with Crippen LogP contribution in [-0.2, 0) is 25.6 Å². The Morgan fingerprint density at radius 1 is 1.12 bits per heavy atom. The average Bonchev–Trinajstić information content (AvgIpc) is 3.53. The summed E-state index contributed by atoms with van der Waals surface area (Å²) in [5.74, 6) is -3.21. The number of aliphatic carboxylic acids is 1. The molecule has 1 aliphatic rings. The molecule has 0 bridgehead atoms. The number of carbonyl (C=O) groups excluding carboxylic acids is 3. The zero-order valence-corrected chi connectivity index (χ0v) is 22.1. The van der Waals surface area contributed by atoms with Gasteiger partial charge in [-0.25, -0.2) is 4.79 Å². The molecule has 40 heavy (non-hydrogen) atoms. The first-order valence-electron chi connectivity index (χ1n) is 12.8. The lowest BCUT2D eigenvalue weighted by atomic mass is 10.0. The van der Waals surface area contributed by atoms with Gasteiger partial charge in [-0.1, -0.05) is 29.8 Å². The molecule has 14 nitrogen and oxygen atoms in total. The maximum Gasteiger partial charge on any atom is 0.326 e. The molecule has 216 valence electrons. The molecule has 0 saturated heterocycles. The lowest BCUT2D eigenvalue weighted by Gasteiger charge is -2.23. The third kappa shape index (κ3) is 8.28. The van der Waals surface area contributed by atoms with E-state index in [0.717, 1.165) is 16.5 Å². The molecule has 3 amide bonds. The maximum absolute atomic E-state index is 12.9. The van der Waals surface area contributed by atoms with Crippen LogP contribution < -0.4 is 27.4 Å². The van der Waals surface area contributed by atoms with Crippen LogP contribution in [0.1, 0.15) is 25.5 Å². The summed E-state index contributed by atoms with van der Waals surface area (Å²) in [6.45, 7) is 1.94. The van der Waals surface area contributed by atoms with E-state index in [1.807, 2.05) is 30.3 Å². The Kier molecular flexibility index (Phi) is 10.2. The summed E-state index contributed by atoms with van der Waals surface area (Å²) in [7, 11) is 0. The Balaban J connectivity index is 1.55. The van der Waals surface area contributed by atoms with Gasteiger partial charge in [0.1, 0.15) is 18.1 Å². The number of hydrogen-bond acceptors (Lipinski definition) is 7. The van der Waals surface area contributed by atoms with Crippen molar-refractivity contribution in [3.8, 4) is 0 Å². The highest BCUT2D eigenvalue weighted by molar-refractivity contribution is 5.90. The first kappa shape index (κ1) is 30.1. The standard InChI is InChI=1S/C26H36N8O6/c1-14(35)22(27)24(38)33-19(10-15-7-9-34(13-15)26(28)29)23(37)30-8-6-21(36)32-20(25(39)40)12-17-11-16-4-2-3-5-18(16)31-17/h2-5,7,11,14,19-20,22,31,35H,6,8-10,12-13,27H2,1H3,(H3,28,29)(H,30,37)(H,32,36)(H,33,38)(H,39,40). The summed E-state index contributed by atoms with van der Waals surface area (Å²) in [5.41, 5.74) is 13.5. The monoisotopic (exact) mass is 556 g/mol. The Morgan fingerprint density at radius 2 is 1.85 bits per heavy atom. The van der Waals surface area contributed by atoms with Gasteiger partial charge in [0.15, 0.2) is 5.96 Å². The number of carboxylic acid groups (broad SMARTS) is 1. The smallest absolute Gasteiger partial charge is 0.326 e. The number of nitrogens with one attached hydrogen (secondary N) is 5. The Hall–Kier alpha value is -4.43. The van der Waals surface area contributed by atoms with Crippen LogP contribution in [0, 0.1) is 5.41 Å². The van der Waals surface area contributed by atoms with E-state index in [9.17, 15) is 29.4 Å². The molecule has 2 heterocycles. The van der Waals surface area contributed by atoms with Gasteiger partial charge in [0.05, 0.1) is 6.10 Å². The van der Waals surface area contributed by atoms with Crippen LogP contribution in [0.4, 0.5) is 0 Å². The fourth-order valence-corrected chi connectivity index (χ4v) is 4.26. The molecular formula is C26H36N8O6. The second-order valence-electron chi connectivity index (χ2n) is 9.75. The molecular weight excluding hydrogens is 520 g/mol. The molecule has 0 aliphatic carbocycles. The Bertz CT molecular complexity index is 1260. The fourth-order valence-electron chi connectivity index (χ4n) is 4.26. The number of carboxylic acids is 1. The molecule has 14 heteroatoms. The molecule has 0 fully saturated rings. The van der Waals surface area contributed by atoms with E-state index in [2.05, 4.69) is 20.9 Å². The van der Waals surface area contributed by atoms with Gasteiger partial charge in [-0.15, -0.1) is 0 Å². The van der Waals surface area contributed by atoms with Gasteiger partial charge >= 0.3 is 5.97 Å². The number of nitrogens with zero attached hydrogens (tertiary/aromatic N) is 1. The number of para-hydroxylation sites is 1. The number of fused-ring (bicyclic) bond motifs is 1. The van der Waals surface area contributed by atoms with E-state index in [0.29, 0.717) is 18.8 Å². The minimum Gasteiger partial charge on any atom is -0.480 e. The molecule has 1 aromatic heterocycles. The normalized spacial score (nSPS) is 16.0. The number of H-pyrrole nitrogens is 1. The average molecular weight is 557 g/mol. The first-order chi connectivity index (χ1) is 18.9. The highest BCUT2D eigenvalue weighted by atomic mass is 16.4. The summed E-state index contributed by atoms with van der Waals surface area (Å²) in [4.78, 5) is 54.4. The molecule has 2 aromatic rings. The van der Waals surface area contributed by atoms with Crippen molar-refractivity contribution in [1.82, 2.24) is 25.8 Å². The van der Waals surface area contributed by atoms with Crippen molar-refractivity contribution in [3.63, 3.8) is 0 Å². The van der Waals surface area contributed by atoms with Gasteiger partial charge in [-0.05, 0) is 30.9 Å². The number of aliphatic hydroxyl groups excluding tert-OH is 1. The molecule has 1 aromatic carbocycles. The van der Waals surface area contributed by atoms with E-state index in [4.69, 9.17) is 16.9 Å². The highest BCUT2D eigenvalue weighted by Crippen LogP contribution is 2.16. The Morgan fingerprint density at radius 3 is 2.48 bits per heavy atom. The number of hydrogen-bond donors (Lipinski definition) is 9. The molecule has 0 radical (unpaired) electrons. The number of carbonyl (C=O) groups is 4. The predicted octanol–water partition coefficient (Wildman–Crippen LogP) is -1.50. The van der Waals surface area contributed by atoms with Gasteiger partial charge in [0.2, 0.25) is 17.7 Å². The van der Waals surface area contributed by atoms with Crippen LogP contribution in [0.5, 0.6) is 0 Å². The van der Waals surface area contributed by atoms with Crippen molar-refractivity contribution in [3.05, 3.63) is 47.7 Å². The van der Waals surface area contributed by atoms with Gasteiger partial charge < -0.3 is 47.5 Å². The fraction of sp³-hybridized carbons (Fsp3) is 0.423. The lowest BCUT2D eigenvalue weighted by molar-refractivity contribution is -0.141. The summed E-state index contributed by atoms with van der Waals surface area (Å²) in [5, 5.41) is 35.3. The van der Waals surface area contributed by atoms with Gasteiger partial charge in [0.25, 0.3) is 0 Å². The second-order valence-corrected chi connectivity index (χ2v) is 9.75. The number of aliphatic hydroxyl groups is 1. The second kappa shape index (κ2) is 13.6. The van der Waals surface area contributed by atoms with Crippen molar-refractivity contribution in [2.45, 2.75) is 50.4 Å².